The van der Waals surface area contributed by atoms with Gasteiger partial charge in [-0.2, -0.15) is 0 Å². The van der Waals surface area contributed by atoms with Crippen molar-refractivity contribution in [2.75, 3.05) is 6.61 Å². The second-order valence-corrected chi connectivity index (χ2v) is 11.4. The Labute approximate surface area is 227 Å². The van der Waals surface area contributed by atoms with Crippen LogP contribution in [0.1, 0.15) is 74.0 Å². The minimum absolute atomic E-state index is 0.0970. The van der Waals surface area contributed by atoms with E-state index in [0.717, 1.165) is 25.7 Å². The molecule has 2 heterocycles. The number of hydrogen-bond acceptors (Lipinski definition) is 7. The molecule has 39 heavy (non-hydrogen) atoms. The van der Waals surface area contributed by atoms with Crippen LogP contribution in [0, 0.1) is 5.82 Å². The number of carbonyl (C=O) groups excluding carboxylic acids is 1. The quantitative estimate of drug-likeness (QED) is 0.337. The van der Waals surface area contributed by atoms with Gasteiger partial charge in [0.05, 0.1) is 23.4 Å². The van der Waals surface area contributed by atoms with E-state index in [-0.39, 0.29) is 43.3 Å². The number of aromatic nitrogens is 1. The summed E-state index contributed by atoms with van der Waals surface area (Å²) in [6.07, 6.45) is 4.72. The van der Waals surface area contributed by atoms with Gasteiger partial charge >= 0.3 is 0 Å². The summed E-state index contributed by atoms with van der Waals surface area (Å²) in [6.45, 7) is 3.75. The summed E-state index contributed by atoms with van der Waals surface area (Å²) in [7, 11) is 0. The van der Waals surface area contributed by atoms with Gasteiger partial charge in [0.1, 0.15) is 23.7 Å². The molecular weight excluding hydrogens is 499 g/mol. The number of carbonyl (C=O) groups is 1. The number of benzene rings is 2. The zero-order valence-corrected chi connectivity index (χ0v) is 22.2. The molecule has 3 aromatic rings. The average molecular weight is 533 g/mol. The summed E-state index contributed by atoms with van der Waals surface area (Å²) in [5.74, 6) is 1.34. The van der Waals surface area contributed by atoms with Crippen LogP contribution in [0.25, 0.3) is 11.3 Å². The third-order valence-corrected chi connectivity index (χ3v) is 7.51. The standard InChI is InChI=1S/C31H33FN2O5/c1-30(33)17-37-29-23(30)16-27(34-28(29)18-3-6-20(32)7-4-18)31(2,36)14-13-24(35)19-5-12-25(38-21-8-9-21)26(15-19)39-22-10-11-22/h3-7,12,15-16,21-22,36H,8-11,13-14,17,33H2,1-2H3. The number of rotatable bonds is 10. The first-order valence-corrected chi connectivity index (χ1v) is 13.6. The highest BCUT2D eigenvalue weighted by Crippen LogP contribution is 2.44. The highest BCUT2D eigenvalue weighted by molar-refractivity contribution is 5.96. The number of halogens is 1. The minimum Gasteiger partial charge on any atom is -0.489 e. The first-order valence-electron chi connectivity index (χ1n) is 13.6. The predicted octanol–water partition coefficient (Wildman–Crippen LogP) is 5.41. The molecule has 3 aliphatic rings. The molecule has 2 atom stereocenters. The molecule has 0 bridgehead atoms. The zero-order valence-electron chi connectivity index (χ0n) is 22.2. The molecule has 0 radical (unpaired) electrons. The third kappa shape index (κ3) is 5.49. The van der Waals surface area contributed by atoms with Crippen molar-refractivity contribution in [2.45, 2.75) is 75.7 Å². The fourth-order valence-electron chi connectivity index (χ4n) is 4.71. The van der Waals surface area contributed by atoms with Crippen molar-refractivity contribution in [3.05, 3.63) is 71.2 Å². The van der Waals surface area contributed by atoms with Crippen LogP contribution in [0.4, 0.5) is 4.39 Å². The number of aliphatic hydroxyl groups is 1. The maximum Gasteiger partial charge on any atom is 0.163 e. The van der Waals surface area contributed by atoms with E-state index in [1.165, 1.54) is 12.1 Å². The first kappa shape index (κ1) is 25.8. The Morgan fingerprint density at radius 2 is 1.77 bits per heavy atom. The van der Waals surface area contributed by atoms with Crippen LogP contribution in [-0.4, -0.2) is 34.7 Å². The van der Waals surface area contributed by atoms with Crippen LogP contribution in [0.5, 0.6) is 17.2 Å². The molecule has 2 fully saturated rings. The summed E-state index contributed by atoms with van der Waals surface area (Å²) >= 11 is 0. The van der Waals surface area contributed by atoms with Crippen molar-refractivity contribution in [1.29, 1.82) is 0 Å². The van der Waals surface area contributed by atoms with E-state index in [2.05, 4.69) is 0 Å². The molecule has 0 amide bonds. The highest BCUT2D eigenvalue weighted by atomic mass is 19.1. The molecule has 6 rings (SSSR count). The number of ether oxygens (including phenoxy) is 3. The molecule has 1 aliphatic heterocycles. The molecule has 7 nitrogen and oxygen atoms in total. The van der Waals surface area contributed by atoms with Gasteiger partial charge in [0.15, 0.2) is 23.0 Å². The van der Waals surface area contributed by atoms with Gasteiger partial charge in [-0.15, -0.1) is 0 Å². The molecule has 8 heteroatoms. The van der Waals surface area contributed by atoms with Crippen molar-refractivity contribution in [3.63, 3.8) is 0 Å². The third-order valence-electron chi connectivity index (χ3n) is 7.51. The van der Waals surface area contributed by atoms with Gasteiger partial charge in [-0.25, -0.2) is 9.37 Å². The van der Waals surface area contributed by atoms with Crippen LogP contribution in [0.3, 0.4) is 0 Å². The lowest BCUT2D eigenvalue weighted by Gasteiger charge is -2.25. The van der Waals surface area contributed by atoms with Gasteiger partial charge in [0.2, 0.25) is 0 Å². The summed E-state index contributed by atoms with van der Waals surface area (Å²) in [5, 5.41) is 11.5. The van der Waals surface area contributed by atoms with E-state index < -0.39 is 11.1 Å². The Kier molecular flexibility index (Phi) is 6.35. The van der Waals surface area contributed by atoms with E-state index in [1.807, 2.05) is 6.92 Å². The number of fused-ring (bicyclic) bond motifs is 1. The van der Waals surface area contributed by atoms with Crippen molar-refractivity contribution >= 4 is 5.78 Å². The smallest absolute Gasteiger partial charge is 0.163 e. The van der Waals surface area contributed by atoms with Gasteiger partial charge in [-0.3, -0.25) is 4.79 Å². The van der Waals surface area contributed by atoms with Gasteiger partial charge < -0.3 is 25.1 Å². The van der Waals surface area contributed by atoms with Crippen molar-refractivity contribution in [3.8, 4) is 28.5 Å². The van der Waals surface area contributed by atoms with Crippen molar-refractivity contribution in [1.82, 2.24) is 4.98 Å². The molecule has 1 aromatic heterocycles. The molecule has 0 spiro atoms. The molecule has 2 unspecified atom stereocenters. The highest BCUT2D eigenvalue weighted by Gasteiger charge is 2.38. The maximum atomic E-state index is 13.6. The largest absolute Gasteiger partial charge is 0.489 e. The van der Waals surface area contributed by atoms with E-state index in [9.17, 15) is 14.3 Å². The van der Waals surface area contributed by atoms with E-state index in [0.29, 0.717) is 45.3 Å². The monoisotopic (exact) mass is 532 g/mol. The van der Waals surface area contributed by atoms with Crippen LogP contribution in [0.15, 0.2) is 48.5 Å². The van der Waals surface area contributed by atoms with Gasteiger partial charge in [-0.1, -0.05) is 0 Å². The molecule has 3 N–H and O–H groups in total. The number of hydrogen-bond donors (Lipinski definition) is 2. The Morgan fingerprint density at radius 1 is 1.10 bits per heavy atom. The summed E-state index contributed by atoms with van der Waals surface area (Å²) in [4.78, 5) is 18.0. The lowest BCUT2D eigenvalue weighted by atomic mass is 9.88. The summed E-state index contributed by atoms with van der Waals surface area (Å²) < 4.78 is 31.5. The second kappa shape index (κ2) is 9.61. The Bertz CT molecular complexity index is 1410. The maximum absolute atomic E-state index is 13.6. The normalized spacial score (nSPS) is 21.6. The summed E-state index contributed by atoms with van der Waals surface area (Å²) in [5.41, 5.74) is 7.03. The fourth-order valence-corrected chi connectivity index (χ4v) is 4.71. The fraction of sp³-hybridized carbons (Fsp3) is 0.419. The molecule has 2 aromatic carbocycles. The number of ketones is 1. The number of pyridine rings is 1. The average Bonchev–Trinajstić information content (AvgIpc) is 3.84. The zero-order chi connectivity index (χ0) is 27.4. The second-order valence-electron chi connectivity index (χ2n) is 11.4. The van der Waals surface area contributed by atoms with Crippen LogP contribution >= 0.6 is 0 Å². The number of nitrogens with two attached hydrogens (primary N) is 1. The lowest BCUT2D eigenvalue weighted by molar-refractivity contribution is 0.0396. The first-order chi connectivity index (χ1) is 18.6. The molecule has 204 valence electrons. The Hall–Kier alpha value is -3.49. The van der Waals surface area contributed by atoms with E-state index >= 15 is 0 Å². The van der Waals surface area contributed by atoms with Gasteiger partial charge in [0.25, 0.3) is 0 Å². The topological polar surface area (TPSA) is 104 Å². The van der Waals surface area contributed by atoms with Crippen LogP contribution in [-0.2, 0) is 11.1 Å². The Balaban J connectivity index is 1.24. The SMILES string of the molecule is CC1(N)COc2c1cc(C(C)(O)CCC(=O)c1ccc(OC3CC3)c(OC3CC3)c1)nc2-c1ccc(F)cc1. The van der Waals surface area contributed by atoms with Crippen LogP contribution < -0.4 is 19.9 Å². The van der Waals surface area contributed by atoms with E-state index in [4.69, 9.17) is 24.9 Å². The van der Waals surface area contributed by atoms with Gasteiger partial charge in [0, 0.05) is 23.1 Å². The molecule has 0 saturated heterocycles. The predicted molar refractivity (Wildman–Crippen MR) is 144 cm³/mol. The minimum atomic E-state index is -1.43. The van der Waals surface area contributed by atoms with E-state index in [1.54, 1.807) is 43.3 Å². The van der Waals surface area contributed by atoms with Gasteiger partial charge in [-0.05, 0) is 94.5 Å². The van der Waals surface area contributed by atoms with Crippen LogP contribution in [0.2, 0.25) is 0 Å². The molecule has 2 saturated carbocycles. The lowest BCUT2D eigenvalue weighted by Crippen LogP contribution is -2.35. The molecular formula is C31H33FN2O5. The van der Waals surface area contributed by atoms with Crippen molar-refractivity contribution < 1.29 is 28.5 Å². The number of Topliss-reactive ketones (excluding diaryl/α,β-unsaturated/α-hetero) is 1. The molecule has 2 aliphatic carbocycles. The Morgan fingerprint density at radius 3 is 2.44 bits per heavy atom. The van der Waals surface area contributed by atoms with Crippen molar-refractivity contribution in [2.24, 2.45) is 5.73 Å². The number of nitrogens with zero attached hydrogens (tertiary/aromatic N) is 1. The summed E-state index contributed by atoms with van der Waals surface area (Å²) in [6, 6.07) is 13.0.